The molecule has 4 N–H and O–H groups in total. The van der Waals surface area contributed by atoms with Crippen LogP contribution in [-0.2, 0) is 4.79 Å². The van der Waals surface area contributed by atoms with Gasteiger partial charge in [0.05, 0.1) is 17.4 Å². The molecule has 3 heterocycles. The first-order valence-electron chi connectivity index (χ1n) is 12.7. The standard InChI is InChI=1S/C27H25Cl2N9O3/c28-19-4-7-24(38-15-31-36-37-38)18(12-19)3-8-25(39)33-22(11-16-9-10-30-14-16)23-13-21(26(29)35-34-23)17-1-5-20(6-2-17)32-27(40)41/h1-8,12-13,15-16,22,30,32H,9-11,14H2,(H,33,39)(H,40,41)/b8-3+/t16?,22-/m0/s1. The van der Waals surface area contributed by atoms with Crippen LogP contribution in [0, 0.1) is 5.92 Å². The summed E-state index contributed by atoms with van der Waals surface area (Å²) < 4.78 is 1.49. The fourth-order valence-corrected chi connectivity index (χ4v) is 5.03. The summed E-state index contributed by atoms with van der Waals surface area (Å²) >= 11 is 12.6. The van der Waals surface area contributed by atoms with Gasteiger partial charge in [0.2, 0.25) is 5.91 Å². The van der Waals surface area contributed by atoms with Crippen molar-refractivity contribution < 1.29 is 14.7 Å². The van der Waals surface area contributed by atoms with Gasteiger partial charge in [0.25, 0.3) is 0 Å². The Morgan fingerprint density at radius 1 is 1.15 bits per heavy atom. The van der Waals surface area contributed by atoms with E-state index >= 15 is 0 Å². The van der Waals surface area contributed by atoms with Gasteiger partial charge in [-0.05, 0) is 90.3 Å². The smallest absolute Gasteiger partial charge is 0.409 e. The first-order chi connectivity index (χ1) is 19.9. The van der Waals surface area contributed by atoms with Gasteiger partial charge in [-0.1, -0.05) is 35.3 Å². The molecule has 5 rings (SSSR count). The average Bonchev–Trinajstić information content (AvgIpc) is 3.67. The average molecular weight is 594 g/mol. The third-order valence-electron chi connectivity index (χ3n) is 6.62. The third kappa shape index (κ3) is 7.23. The minimum atomic E-state index is -1.15. The van der Waals surface area contributed by atoms with Crippen molar-refractivity contribution in [3.05, 3.63) is 82.4 Å². The monoisotopic (exact) mass is 593 g/mol. The summed E-state index contributed by atoms with van der Waals surface area (Å²) in [4.78, 5) is 24.1. The van der Waals surface area contributed by atoms with Crippen LogP contribution in [0.15, 0.2) is 60.9 Å². The summed E-state index contributed by atoms with van der Waals surface area (Å²) in [5, 5.41) is 38.1. The first-order valence-corrected chi connectivity index (χ1v) is 13.5. The van der Waals surface area contributed by atoms with Crippen LogP contribution < -0.4 is 16.0 Å². The summed E-state index contributed by atoms with van der Waals surface area (Å²) in [6, 6.07) is 13.3. The highest BCUT2D eigenvalue weighted by atomic mass is 35.5. The van der Waals surface area contributed by atoms with Crippen molar-refractivity contribution in [1.29, 1.82) is 0 Å². The van der Waals surface area contributed by atoms with Crippen LogP contribution >= 0.6 is 23.2 Å². The molecule has 0 aliphatic carbocycles. The van der Waals surface area contributed by atoms with Crippen molar-refractivity contribution in [1.82, 2.24) is 41.0 Å². The van der Waals surface area contributed by atoms with E-state index < -0.39 is 12.1 Å². The molecule has 41 heavy (non-hydrogen) atoms. The second-order valence-corrected chi connectivity index (χ2v) is 10.2. The van der Waals surface area contributed by atoms with Crippen LogP contribution in [-0.4, -0.2) is 60.6 Å². The summed E-state index contributed by atoms with van der Waals surface area (Å²) in [5.41, 5.74) is 3.64. The number of nitrogens with zero attached hydrogens (tertiary/aromatic N) is 6. The molecule has 1 fully saturated rings. The zero-order valence-corrected chi connectivity index (χ0v) is 23.0. The Kier molecular flexibility index (Phi) is 8.82. The first kappa shape index (κ1) is 28.1. The van der Waals surface area contributed by atoms with E-state index in [1.165, 1.54) is 17.1 Å². The predicted molar refractivity (Wildman–Crippen MR) is 154 cm³/mol. The molecule has 1 aliphatic rings. The number of hydrogen-bond acceptors (Lipinski definition) is 8. The number of halogens is 2. The number of hydrogen-bond donors (Lipinski definition) is 4. The normalized spacial score (nSPS) is 15.6. The lowest BCUT2D eigenvalue weighted by atomic mass is 9.95. The van der Waals surface area contributed by atoms with E-state index in [-0.39, 0.29) is 11.1 Å². The maximum absolute atomic E-state index is 13.2. The fourth-order valence-electron chi connectivity index (χ4n) is 4.65. The molecule has 0 saturated carbocycles. The number of benzene rings is 2. The van der Waals surface area contributed by atoms with Crippen LogP contribution in [0.25, 0.3) is 22.9 Å². The number of anilines is 1. The molecule has 0 bridgehead atoms. The Bertz CT molecular complexity index is 1560. The van der Waals surface area contributed by atoms with Gasteiger partial charge >= 0.3 is 6.09 Å². The number of aromatic nitrogens is 6. The van der Waals surface area contributed by atoms with Crippen molar-refractivity contribution in [3.8, 4) is 16.8 Å². The van der Waals surface area contributed by atoms with Crippen LogP contribution in [0.2, 0.25) is 10.2 Å². The molecule has 2 aromatic carbocycles. The number of carboxylic acid groups (broad SMARTS) is 1. The lowest BCUT2D eigenvalue weighted by Gasteiger charge is -2.21. The molecular formula is C27H25Cl2N9O3. The highest BCUT2D eigenvalue weighted by Crippen LogP contribution is 2.31. The highest BCUT2D eigenvalue weighted by Gasteiger charge is 2.24. The Hall–Kier alpha value is -4.39. The van der Waals surface area contributed by atoms with E-state index in [1.807, 2.05) is 0 Å². The van der Waals surface area contributed by atoms with Gasteiger partial charge in [0, 0.05) is 27.9 Å². The summed E-state index contributed by atoms with van der Waals surface area (Å²) in [7, 11) is 0. The van der Waals surface area contributed by atoms with E-state index in [1.54, 1.807) is 54.6 Å². The Labute approximate surface area is 244 Å². The number of rotatable bonds is 9. The largest absolute Gasteiger partial charge is 0.465 e. The number of nitrogens with one attached hydrogen (secondary N) is 3. The number of amides is 2. The summed E-state index contributed by atoms with van der Waals surface area (Å²) in [6.07, 6.45) is 5.01. The van der Waals surface area contributed by atoms with Crippen LogP contribution in [0.4, 0.5) is 10.5 Å². The van der Waals surface area contributed by atoms with Crippen LogP contribution in [0.3, 0.4) is 0 Å². The van der Waals surface area contributed by atoms with Crippen LogP contribution in [0.1, 0.15) is 30.1 Å². The SMILES string of the molecule is O=C(O)Nc1ccc(-c2cc([C@H](CC3CCNC3)NC(=O)/C=C/c3cc(Cl)ccc3-n3cnnn3)nnc2Cl)cc1. The van der Waals surface area contributed by atoms with Gasteiger partial charge in [-0.3, -0.25) is 10.1 Å². The molecular weight excluding hydrogens is 569 g/mol. The fraction of sp³-hybridized carbons (Fsp3) is 0.222. The molecule has 1 aliphatic heterocycles. The van der Waals surface area contributed by atoms with E-state index in [4.69, 9.17) is 28.3 Å². The quantitative estimate of drug-likeness (QED) is 0.206. The molecule has 210 valence electrons. The van der Waals surface area contributed by atoms with Crippen molar-refractivity contribution in [2.75, 3.05) is 18.4 Å². The molecule has 4 aromatic rings. The van der Waals surface area contributed by atoms with Gasteiger partial charge in [0.15, 0.2) is 5.15 Å². The molecule has 2 aromatic heterocycles. The van der Waals surface area contributed by atoms with E-state index in [9.17, 15) is 9.59 Å². The Morgan fingerprint density at radius 3 is 2.68 bits per heavy atom. The zero-order chi connectivity index (χ0) is 28.8. The predicted octanol–water partition coefficient (Wildman–Crippen LogP) is 4.39. The summed E-state index contributed by atoms with van der Waals surface area (Å²) in [5.74, 6) is 0.0110. The molecule has 2 atom stereocenters. The van der Waals surface area contributed by atoms with Gasteiger partial charge in [-0.15, -0.1) is 10.2 Å². The molecule has 0 spiro atoms. The second kappa shape index (κ2) is 12.9. The second-order valence-electron chi connectivity index (χ2n) is 9.43. The zero-order valence-electron chi connectivity index (χ0n) is 21.5. The van der Waals surface area contributed by atoms with E-state index in [0.29, 0.717) is 45.6 Å². The minimum Gasteiger partial charge on any atom is -0.465 e. The van der Waals surface area contributed by atoms with Crippen molar-refractivity contribution in [2.45, 2.75) is 18.9 Å². The molecule has 2 amide bonds. The van der Waals surface area contributed by atoms with Crippen molar-refractivity contribution >= 4 is 47.0 Å². The molecule has 12 nitrogen and oxygen atoms in total. The lowest BCUT2D eigenvalue weighted by Crippen LogP contribution is -2.30. The highest BCUT2D eigenvalue weighted by molar-refractivity contribution is 6.32. The summed E-state index contributed by atoms with van der Waals surface area (Å²) in [6.45, 7) is 1.75. The van der Waals surface area contributed by atoms with Crippen molar-refractivity contribution in [3.63, 3.8) is 0 Å². The number of tetrazole rings is 1. The third-order valence-corrected chi connectivity index (χ3v) is 7.13. The minimum absolute atomic E-state index is 0.191. The molecule has 0 radical (unpaired) electrons. The van der Waals surface area contributed by atoms with Gasteiger partial charge in [0.1, 0.15) is 6.33 Å². The van der Waals surface area contributed by atoms with Crippen molar-refractivity contribution in [2.24, 2.45) is 5.92 Å². The topological polar surface area (TPSA) is 160 Å². The lowest BCUT2D eigenvalue weighted by molar-refractivity contribution is -0.117. The molecule has 1 saturated heterocycles. The number of carbonyl (C=O) groups excluding carboxylic acids is 1. The molecule has 14 heteroatoms. The van der Waals surface area contributed by atoms with E-state index in [2.05, 4.69) is 41.7 Å². The van der Waals surface area contributed by atoms with Gasteiger partial charge < -0.3 is 15.7 Å². The molecule has 1 unspecified atom stereocenters. The maximum atomic E-state index is 13.2. The number of carbonyl (C=O) groups is 2. The maximum Gasteiger partial charge on any atom is 0.409 e. The van der Waals surface area contributed by atoms with E-state index in [0.717, 1.165) is 25.1 Å². The van der Waals surface area contributed by atoms with Gasteiger partial charge in [-0.2, -0.15) is 9.78 Å². The van der Waals surface area contributed by atoms with Gasteiger partial charge in [-0.25, -0.2) is 4.79 Å². The van der Waals surface area contributed by atoms with Crippen LogP contribution in [0.5, 0.6) is 0 Å². The Balaban J connectivity index is 1.39. The Morgan fingerprint density at radius 2 is 1.98 bits per heavy atom.